The quantitative estimate of drug-likeness (QED) is 0.802. The zero-order valence-electron chi connectivity index (χ0n) is 14.0. The molecule has 124 valence electrons. The summed E-state index contributed by atoms with van der Waals surface area (Å²) in [5, 5.41) is 4.21. The van der Waals surface area contributed by atoms with Crippen molar-refractivity contribution in [1.29, 1.82) is 0 Å². The average Bonchev–Trinajstić information content (AvgIpc) is 3.04. The summed E-state index contributed by atoms with van der Waals surface area (Å²) >= 11 is 0. The number of allylic oxidation sites excluding steroid dienone is 1. The van der Waals surface area contributed by atoms with Crippen LogP contribution in [0.4, 0.5) is 0 Å². The molecule has 0 saturated carbocycles. The van der Waals surface area contributed by atoms with Crippen molar-refractivity contribution in [1.82, 2.24) is 15.0 Å². The van der Waals surface area contributed by atoms with Crippen molar-refractivity contribution in [2.24, 2.45) is 0 Å². The summed E-state index contributed by atoms with van der Waals surface area (Å²) in [6, 6.07) is 2.52. The van der Waals surface area contributed by atoms with Gasteiger partial charge in [0.1, 0.15) is 5.69 Å². The molecule has 5 heteroatoms. The number of carbonyl (C=O) groups is 1. The van der Waals surface area contributed by atoms with E-state index in [0.717, 1.165) is 31.0 Å². The van der Waals surface area contributed by atoms with Gasteiger partial charge in [0.25, 0.3) is 0 Å². The van der Waals surface area contributed by atoms with Crippen molar-refractivity contribution in [3.63, 3.8) is 0 Å². The predicted molar refractivity (Wildman–Crippen MR) is 89.6 cm³/mol. The molecule has 0 fully saturated rings. The van der Waals surface area contributed by atoms with Gasteiger partial charge in [0.2, 0.25) is 5.91 Å². The summed E-state index contributed by atoms with van der Waals surface area (Å²) in [5.41, 5.74) is 2.14. The number of nitrogens with zero attached hydrogens (tertiary/aromatic N) is 3. The SMILES string of the molecule is CC(=O)N(C)Cc1cc(C2=CCCN(C3C=CCCC3)C2)no1. The van der Waals surface area contributed by atoms with Gasteiger partial charge in [-0.2, -0.15) is 0 Å². The lowest BCUT2D eigenvalue weighted by Crippen LogP contribution is -2.38. The van der Waals surface area contributed by atoms with Crippen molar-refractivity contribution in [3.8, 4) is 0 Å². The van der Waals surface area contributed by atoms with Crippen molar-refractivity contribution in [3.05, 3.63) is 35.7 Å². The van der Waals surface area contributed by atoms with Crippen LogP contribution in [-0.2, 0) is 11.3 Å². The Morgan fingerprint density at radius 3 is 3.09 bits per heavy atom. The topological polar surface area (TPSA) is 49.6 Å². The maximum Gasteiger partial charge on any atom is 0.219 e. The smallest absolute Gasteiger partial charge is 0.219 e. The maximum atomic E-state index is 11.3. The zero-order chi connectivity index (χ0) is 16.2. The minimum atomic E-state index is 0.0232. The highest BCUT2D eigenvalue weighted by molar-refractivity contribution is 5.72. The minimum Gasteiger partial charge on any atom is -0.359 e. The first-order valence-corrected chi connectivity index (χ1v) is 8.41. The second kappa shape index (κ2) is 7.13. The van der Waals surface area contributed by atoms with Gasteiger partial charge in [-0.1, -0.05) is 23.4 Å². The maximum absolute atomic E-state index is 11.3. The third kappa shape index (κ3) is 3.91. The Morgan fingerprint density at radius 2 is 2.35 bits per heavy atom. The lowest BCUT2D eigenvalue weighted by atomic mass is 9.98. The molecule has 1 aliphatic carbocycles. The Bertz CT molecular complexity index is 618. The molecule has 0 spiro atoms. The Morgan fingerprint density at radius 1 is 1.48 bits per heavy atom. The molecule has 1 aromatic rings. The Labute approximate surface area is 137 Å². The van der Waals surface area contributed by atoms with Crippen molar-refractivity contribution < 1.29 is 9.32 Å². The highest BCUT2D eigenvalue weighted by Gasteiger charge is 2.23. The molecule has 3 rings (SSSR count). The summed E-state index contributed by atoms with van der Waals surface area (Å²) in [7, 11) is 1.77. The molecule has 23 heavy (non-hydrogen) atoms. The average molecular weight is 315 g/mol. The number of rotatable bonds is 4. The van der Waals surface area contributed by atoms with E-state index in [2.05, 4.69) is 28.3 Å². The Kier molecular flexibility index (Phi) is 4.96. The van der Waals surface area contributed by atoms with Crippen LogP contribution in [0.3, 0.4) is 0 Å². The van der Waals surface area contributed by atoms with Gasteiger partial charge in [0.15, 0.2) is 5.76 Å². The highest BCUT2D eigenvalue weighted by Crippen LogP contribution is 2.25. The molecule has 2 heterocycles. The first-order chi connectivity index (χ1) is 11.1. The highest BCUT2D eigenvalue weighted by atomic mass is 16.5. The lowest BCUT2D eigenvalue weighted by Gasteiger charge is -2.34. The van der Waals surface area contributed by atoms with E-state index in [1.54, 1.807) is 18.9 Å². The van der Waals surface area contributed by atoms with Gasteiger partial charge in [-0.05, 0) is 31.3 Å². The predicted octanol–water partition coefficient (Wildman–Crippen LogP) is 2.85. The minimum absolute atomic E-state index is 0.0232. The third-order valence-electron chi connectivity index (χ3n) is 4.70. The first kappa shape index (κ1) is 16.0. The van der Waals surface area contributed by atoms with Gasteiger partial charge in [0, 0.05) is 39.2 Å². The zero-order valence-corrected chi connectivity index (χ0v) is 14.0. The molecule has 1 atom stereocenters. The van der Waals surface area contributed by atoms with Crippen LogP contribution < -0.4 is 0 Å². The largest absolute Gasteiger partial charge is 0.359 e. The van der Waals surface area contributed by atoms with Crippen LogP contribution in [0.5, 0.6) is 0 Å². The summed E-state index contributed by atoms with van der Waals surface area (Å²) in [6.07, 6.45) is 11.7. The van der Waals surface area contributed by atoms with Crippen LogP contribution >= 0.6 is 0 Å². The van der Waals surface area contributed by atoms with Crippen molar-refractivity contribution in [2.45, 2.75) is 45.2 Å². The summed E-state index contributed by atoms with van der Waals surface area (Å²) < 4.78 is 5.40. The third-order valence-corrected chi connectivity index (χ3v) is 4.70. The summed E-state index contributed by atoms with van der Waals surface area (Å²) in [5.74, 6) is 0.753. The van der Waals surface area contributed by atoms with Gasteiger partial charge in [-0.3, -0.25) is 9.69 Å². The van der Waals surface area contributed by atoms with E-state index >= 15 is 0 Å². The molecule has 5 nitrogen and oxygen atoms in total. The Balaban J connectivity index is 1.66. The molecule has 0 aromatic carbocycles. The summed E-state index contributed by atoms with van der Waals surface area (Å²) in [6.45, 7) is 4.04. The molecule has 1 unspecified atom stereocenters. The van der Waals surface area contributed by atoms with Gasteiger partial charge in [-0.25, -0.2) is 0 Å². The second-order valence-corrected chi connectivity index (χ2v) is 6.47. The van der Waals surface area contributed by atoms with E-state index in [1.165, 1.54) is 24.8 Å². The fourth-order valence-electron chi connectivity index (χ4n) is 3.22. The lowest BCUT2D eigenvalue weighted by molar-refractivity contribution is -0.128. The van der Waals surface area contributed by atoms with E-state index in [-0.39, 0.29) is 5.91 Å². The van der Waals surface area contributed by atoms with E-state index in [1.807, 2.05) is 6.07 Å². The van der Waals surface area contributed by atoms with Crippen molar-refractivity contribution >= 4 is 11.5 Å². The number of hydrogen-bond acceptors (Lipinski definition) is 4. The molecule has 2 aliphatic rings. The molecule has 0 radical (unpaired) electrons. The fraction of sp³-hybridized carbons (Fsp3) is 0.556. The first-order valence-electron chi connectivity index (χ1n) is 8.41. The van der Waals surface area contributed by atoms with Crippen LogP contribution in [0.25, 0.3) is 5.57 Å². The number of amides is 1. The van der Waals surface area contributed by atoms with E-state index < -0.39 is 0 Å². The molecular weight excluding hydrogens is 290 g/mol. The van der Waals surface area contributed by atoms with Crippen LogP contribution in [0.2, 0.25) is 0 Å². The van der Waals surface area contributed by atoms with Crippen LogP contribution in [0, 0.1) is 0 Å². The number of aromatic nitrogens is 1. The van der Waals surface area contributed by atoms with Gasteiger partial charge >= 0.3 is 0 Å². The van der Waals surface area contributed by atoms with Crippen LogP contribution in [0.15, 0.2) is 28.8 Å². The monoisotopic (exact) mass is 315 g/mol. The standard InChI is InChI=1S/C18H25N3O2/c1-14(22)20(2)13-17-11-18(19-23-17)15-7-6-10-21(12-15)16-8-4-3-5-9-16/h4,7-8,11,16H,3,5-6,9-10,12-13H2,1-2H3. The fourth-order valence-corrected chi connectivity index (χ4v) is 3.22. The molecule has 0 bridgehead atoms. The van der Waals surface area contributed by atoms with E-state index in [9.17, 15) is 4.79 Å². The second-order valence-electron chi connectivity index (χ2n) is 6.47. The van der Waals surface area contributed by atoms with Crippen molar-refractivity contribution in [2.75, 3.05) is 20.1 Å². The van der Waals surface area contributed by atoms with E-state index in [4.69, 9.17) is 4.52 Å². The molecule has 1 aliphatic heterocycles. The normalized spacial score (nSPS) is 22.0. The molecule has 1 amide bonds. The molecular formula is C18H25N3O2. The Hall–Kier alpha value is -1.88. The van der Waals surface area contributed by atoms with Gasteiger partial charge < -0.3 is 9.42 Å². The van der Waals surface area contributed by atoms with Gasteiger partial charge in [-0.15, -0.1) is 0 Å². The number of hydrogen-bond donors (Lipinski definition) is 0. The molecule has 0 saturated heterocycles. The van der Waals surface area contributed by atoms with E-state index in [0.29, 0.717) is 12.6 Å². The molecule has 0 N–H and O–H groups in total. The van der Waals surface area contributed by atoms with Crippen LogP contribution in [0.1, 0.15) is 44.1 Å². The molecule has 1 aromatic heterocycles. The van der Waals surface area contributed by atoms with Gasteiger partial charge in [0.05, 0.1) is 6.54 Å². The summed E-state index contributed by atoms with van der Waals surface area (Å²) in [4.78, 5) is 15.5. The number of carbonyl (C=O) groups excluding carboxylic acids is 1. The van der Waals surface area contributed by atoms with Crippen LogP contribution in [-0.4, -0.2) is 47.0 Å².